The molecule has 5 rings (SSSR count). The molecule has 0 fully saturated rings. The summed E-state index contributed by atoms with van der Waals surface area (Å²) in [6, 6.07) is 13.7. The number of carbonyl (C=O) groups is 3. The highest BCUT2D eigenvalue weighted by molar-refractivity contribution is 6.30. The van der Waals surface area contributed by atoms with Crippen molar-refractivity contribution in [1.29, 1.82) is 0 Å². The van der Waals surface area contributed by atoms with E-state index in [0.29, 0.717) is 33.7 Å². The standard InChI is InChI=1S/C24H19ClN6O4/c25-16-5-3-4-15(10-16)12-29-14-27-21-19(22(29)33)11-28-31(21)9-8-26-20(32)13-30-23(34)17-6-1-2-7-18(17)24(30)35/h1-7,10-11,14H,8-9,12-13H2,(H,26,32). The summed E-state index contributed by atoms with van der Waals surface area (Å²) in [5.41, 5.74) is 1.61. The summed E-state index contributed by atoms with van der Waals surface area (Å²) < 4.78 is 2.99. The van der Waals surface area contributed by atoms with Crippen LogP contribution in [0.15, 0.2) is 65.8 Å². The second kappa shape index (κ2) is 9.15. The Kier molecular flexibility index (Phi) is 5.87. The number of imide groups is 1. The Labute approximate surface area is 203 Å². The molecule has 0 spiro atoms. The van der Waals surface area contributed by atoms with Gasteiger partial charge < -0.3 is 5.32 Å². The maximum absolute atomic E-state index is 12.9. The van der Waals surface area contributed by atoms with Crippen molar-refractivity contribution >= 4 is 40.4 Å². The molecule has 10 nitrogen and oxygen atoms in total. The average Bonchev–Trinajstić information content (AvgIpc) is 3.36. The SMILES string of the molecule is O=C(CN1C(=O)c2ccccc2C1=O)NCCn1ncc2c(=O)n(Cc3cccc(Cl)c3)cnc21. The lowest BCUT2D eigenvalue weighted by atomic mass is 10.1. The van der Waals surface area contributed by atoms with Crippen molar-refractivity contribution < 1.29 is 14.4 Å². The Bertz CT molecular complexity index is 1510. The van der Waals surface area contributed by atoms with Crippen LogP contribution in [0, 0.1) is 0 Å². The average molecular weight is 491 g/mol. The number of rotatable bonds is 7. The monoisotopic (exact) mass is 490 g/mol. The number of nitrogens with one attached hydrogen (secondary N) is 1. The molecule has 1 N–H and O–H groups in total. The van der Waals surface area contributed by atoms with Gasteiger partial charge in [0.15, 0.2) is 5.65 Å². The van der Waals surface area contributed by atoms with Crippen LogP contribution in [0.2, 0.25) is 5.02 Å². The van der Waals surface area contributed by atoms with Gasteiger partial charge in [0.25, 0.3) is 17.4 Å². The third-order valence-corrected chi connectivity index (χ3v) is 5.93. The van der Waals surface area contributed by atoms with Crippen LogP contribution in [0.5, 0.6) is 0 Å². The summed E-state index contributed by atoms with van der Waals surface area (Å²) in [5.74, 6) is -1.46. The van der Waals surface area contributed by atoms with E-state index in [1.54, 1.807) is 36.4 Å². The fraction of sp³-hybridized carbons (Fsp3) is 0.167. The first-order chi connectivity index (χ1) is 16.9. The van der Waals surface area contributed by atoms with Gasteiger partial charge in [-0.2, -0.15) is 5.10 Å². The summed E-state index contributed by atoms with van der Waals surface area (Å²) >= 11 is 6.02. The van der Waals surface area contributed by atoms with Crippen LogP contribution < -0.4 is 10.9 Å². The third kappa shape index (κ3) is 4.31. The second-order valence-corrected chi connectivity index (χ2v) is 8.44. The normalized spacial score (nSPS) is 12.9. The van der Waals surface area contributed by atoms with E-state index >= 15 is 0 Å². The Morgan fingerprint density at radius 3 is 2.46 bits per heavy atom. The number of hydrogen-bond acceptors (Lipinski definition) is 6. The van der Waals surface area contributed by atoms with Crippen LogP contribution in [0.4, 0.5) is 0 Å². The zero-order valence-corrected chi connectivity index (χ0v) is 19.1. The molecule has 11 heteroatoms. The van der Waals surface area contributed by atoms with Gasteiger partial charge in [0.05, 0.1) is 30.4 Å². The number of hydrogen-bond donors (Lipinski definition) is 1. The summed E-state index contributed by atoms with van der Waals surface area (Å²) in [5, 5.41) is 7.83. The van der Waals surface area contributed by atoms with E-state index in [1.807, 2.05) is 12.1 Å². The van der Waals surface area contributed by atoms with Crippen molar-refractivity contribution in [2.45, 2.75) is 13.1 Å². The van der Waals surface area contributed by atoms with E-state index < -0.39 is 17.7 Å². The summed E-state index contributed by atoms with van der Waals surface area (Å²) in [7, 11) is 0. The number of fused-ring (bicyclic) bond motifs is 2. The van der Waals surface area contributed by atoms with E-state index in [2.05, 4.69) is 15.4 Å². The summed E-state index contributed by atoms with van der Waals surface area (Å²) in [6.07, 6.45) is 2.89. The Morgan fingerprint density at radius 2 is 1.74 bits per heavy atom. The lowest BCUT2D eigenvalue weighted by Gasteiger charge is -2.13. The molecule has 0 saturated carbocycles. The molecule has 3 heterocycles. The van der Waals surface area contributed by atoms with Crippen molar-refractivity contribution in [3.63, 3.8) is 0 Å². The van der Waals surface area contributed by atoms with Crippen molar-refractivity contribution in [3.8, 4) is 0 Å². The molecule has 1 aliphatic heterocycles. The predicted molar refractivity (Wildman–Crippen MR) is 127 cm³/mol. The van der Waals surface area contributed by atoms with Crippen LogP contribution in [0.1, 0.15) is 26.3 Å². The molecule has 35 heavy (non-hydrogen) atoms. The van der Waals surface area contributed by atoms with Crippen molar-refractivity contribution in [1.82, 2.24) is 29.5 Å². The van der Waals surface area contributed by atoms with Crippen molar-refractivity contribution in [2.24, 2.45) is 0 Å². The quantitative estimate of drug-likeness (QED) is 0.394. The number of nitrogens with zero attached hydrogens (tertiary/aromatic N) is 5. The van der Waals surface area contributed by atoms with E-state index in [1.165, 1.54) is 21.8 Å². The molecular formula is C24H19ClN6O4. The highest BCUT2D eigenvalue weighted by Crippen LogP contribution is 2.21. The first kappa shape index (κ1) is 22.5. The molecule has 0 unspecified atom stereocenters. The first-order valence-corrected chi connectivity index (χ1v) is 11.2. The minimum atomic E-state index is -0.489. The minimum absolute atomic E-state index is 0.173. The Balaban J connectivity index is 1.21. The van der Waals surface area contributed by atoms with Gasteiger partial charge in [0, 0.05) is 11.6 Å². The first-order valence-electron chi connectivity index (χ1n) is 10.8. The highest BCUT2D eigenvalue weighted by atomic mass is 35.5. The van der Waals surface area contributed by atoms with E-state index in [-0.39, 0.29) is 25.2 Å². The molecule has 2 aromatic carbocycles. The number of carbonyl (C=O) groups excluding carboxylic acids is 3. The topological polar surface area (TPSA) is 119 Å². The van der Waals surface area contributed by atoms with Crippen LogP contribution in [-0.4, -0.2) is 55.0 Å². The molecule has 176 valence electrons. The number of halogens is 1. The predicted octanol–water partition coefficient (Wildman–Crippen LogP) is 1.71. The van der Waals surface area contributed by atoms with E-state index in [4.69, 9.17) is 11.6 Å². The molecule has 0 aliphatic carbocycles. The van der Waals surface area contributed by atoms with Crippen LogP contribution in [-0.2, 0) is 17.9 Å². The van der Waals surface area contributed by atoms with Gasteiger partial charge in [-0.15, -0.1) is 0 Å². The lowest BCUT2D eigenvalue weighted by molar-refractivity contribution is -0.121. The van der Waals surface area contributed by atoms with Crippen molar-refractivity contribution in [2.75, 3.05) is 13.1 Å². The van der Waals surface area contributed by atoms with Gasteiger partial charge in [0.2, 0.25) is 5.91 Å². The van der Waals surface area contributed by atoms with E-state index in [0.717, 1.165) is 10.5 Å². The Morgan fingerprint density at radius 1 is 1.00 bits per heavy atom. The van der Waals surface area contributed by atoms with Crippen molar-refractivity contribution in [3.05, 3.63) is 93.1 Å². The molecule has 2 aromatic heterocycles. The highest BCUT2D eigenvalue weighted by Gasteiger charge is 2.36. The van der Waals surface area contributed by atoms with Gasteiger partial charge >= 0.3 is 0 Å². The maximum atomic E-state index is 12.9. The molecule has 0 bridgehead atoms. The zero-order valence-electron chi connectivity index (χ0n) is 18.3. The van der Waals surface area contributed by atoms with Gasteiger partial charge in [0.1, 0.15) is 18.3 Å². The molecule has 1 aliphatic rings. The number of aromatic nitrogens is 4. The van der Waals surface area contributed by atoms with Crippen LogP contribution in [0.3, 0.4) is 0 Å². The maximum Gasteiger partial charge on any atom is 0.264 e. The summed E-state index contributed by atoms with van der Waals surface area (Å²) in [4.78, 5) is 55.3. The van der Waals surface area contributed by atoms with Gasteiger partial charge in [-0.3, -0.25) is 28.6 Å². The molecular weight excluding hydrogens is 472 g/mol. The minimum Gasteiger partial charge on any atom is -0.353 e. The fourth-order valence-corrected chi connectivity index (χ4v) is 4.20. The number of amides is 3. The second-order valence-electron chi connectivity index (χ2n) is 8.00. The fourth-order valence-electron chi connectivity index (χ4n) is 3.99. The lowest BCUT2D eigenvalue weighted by Crippen LogP contribution is -2.41. The third-order valence-electron chi connectivity index (χ3n) is 5.69. The van der Waals surface area contributed by atoms with Crippen LogP contribution in [0.25, 0.3) is 11.0 Å². The van der Waals surface area contributed by atoms with E-state index in [9.17, 15) is 19.2 Å². The number of benzene rings is 2. The van der Waals surface area contributed by atoms with Gasteiger partial charge in [-0.05, 0) is 29.8 Å². The molecule has 0 saturated heterocycles. The Hall–Kier alpha value is -4.31. The van der Waals surface area contributed by atoms with Crippen LogP contribution >= 0.6 is 11.6 Å². The molecule has 0 radical (unpaired) electrons. The largest absolute Gasteiger partial charge is 0.353 e. The zero-order chi connectivity index (χ0) is 24.5. The summed E-state index contributed by atoms with van der Waals surface area (Å²) in [6.45, 7) is 0.369. The molecule has 4 aromatic rings. The smallest absolute Gasteiger partial charge is 0.264 e. The van der Waals surface area contributed by atoms with Gasteiger partial charge in [-0.1, -0.05) is 35.9 Å². The molecule has 3 amide bonds. The molecule has 0 atom stereocenters. The van der Waals surface area contributed by atoms with Gasteiger partial charge in [-0.25, -0.2) is 9.67 Å².